The fourth-order valence-electron chi connectivity index (χ4n) is 3.65. The van der Waals surface area contributed by atoms with Crippen molar-refractivity contribution in [3.63, 3.8) is 0 Å². The molecule has 0 saturated carbocycles. The highest BCUT2D eigenvalue weighted by Crippen LogP contribution is 2.24. The Hall–Kier alpha value is -2.70. The van der Waals surface area contributed by atoms with Crippen LogP contribution < -0.4 is 21.3 Å². The van der Waals surface area contributed by atoms with Gasteiger partial charge in [-0.1, -0.05) is 42.5 Å². The molecule has 3 N–H and O–H groups in total. The lowest BCUT2D eigenvalue weighted by atomic mass is 10.00. The molecule has 0 aliphatic carbocycles. The molecule has 1 aliphatic rings. The summed E-state index contributed by atoms with van der Waals surface area (Å²) in [6, 6.07) is 18.8. The summed E-state index contributed by atoms with van der Waals surface area (Å²) in [5.74, 6) is 0.623. The quantitative estimate of drug-likeness (QED) is 0.628. The summed E-state index contributed by atoms with van der Waals surface area (Å²) in [6.45, 7) is 0.843. The van der Waals surface area contributed by atoms with Gasteiger partial charge >= 0.3 is 0 Å². The maximum absolute atomic E-state index is 12.2. The highest BCUT2D eigenvalue weighted by Gasteiger charge is 2.24. The first-order valence-corrected chi connectivity index (χ1v) is 9.47. The number of H-pyrrole nitrogens is 1. The number of hydrogen-bond donors (Lipinski definition) is 3. The van der Waals surface area contributed by atoms with E-state index in [0.29, 0.717) is 23.4 Å². The number of anilines is 1. The van der Waals surface area contributed by atoms with Crippen molar-refractivity contribution in [2.75, 3.05) is 18.5 Å². The molecule has 140 valence electrons. The number of hydrazine groups is 1. The number of aromatic nitrogens is 2. The van der Waals surface area contributed by atoms with Crippen LogP contribution in [0.5, 0.6) is 0 Å². The molecule has 2 unspecified atom stereocenters. The summed E-state index contributed by atoms with van der Waals surface area (Å²) >= 11 is 0. The zero-order valence-electron chi connectivity index (χ0n) is 15.5. The maximum Gasteiger partial charge on any atom is 0.260 e. The molecule has 0 amide bonds. The third-order valence-corrected chi connectivity index (χ3v) is 5.19. The van der Waals surface area contributed by atoms with Gasteiger partial charge in [-0.3, -0.25) is 20.6 Å². The van der Waals surface area contributed by atoms with Crippen LogP contribution in [0.3, 0.4) is 0 Å². The molecule has 4 rings (SSSR count). The van der Waals surface area contributed by atoms with Crippen LogP contribution in [0, 0.1) is 0 Å². The standard InChI is InChI=1S/C21H25N5O/c1-26(21-22-18-12-6-5-11-17(18)20(27)23-21)13-7-10-16-14-19(25-24-16)15-8-3-2-4-9-15/h2-6,8-9,11-12,16,19,24-25H,7,10,13-14H2,1H3,(H,22,23,27). The summed E-state index contributed by atoms with van der Waals surface area (Å²) in [7, 11) is 1.97. The number of benzene rings is 2. The highest BCUT2D eigenvalue weighted by atomic mass is 16.1. The Balaban J connectivity index is 1.31. The molecule has 6 heteroatoms. The fraction of sp³-hybridized carbons (Fsp3) is 0.333. The Morgan fingerprint density at radius 1 is 1.07 bits per heavy atom. The van der Waals surface area contributed by atoms with Crippen LogP contribution in [0.15, 0.2) is 59.4 Å². The number of nitrogens with one attached hydrogen (secondary N) is 3. The minimum atomic E-state index is -0.0881. The van der Waals surface area contributed by atoms with E-state index in [-0.39, 0.29) is 5.56 Å². The number of para-hydroxylation sites is 1. The molecule has 27 heavy (non-hydrogen) atoms. The zero-order chi connectivity index (χ0) is 18.6. The molecule has 1 aliphatic heterocycles. The molecule has 0 bridgehead atoms. The van der Waals surface area contributed by atoms with Crippen molar-refractivity contribution in [3.05, 3.63) is 70.5 Å². The number of fused-ring (bicyclic) bond motifs is 1. The van der Waals surface area contributed by atoms with Crippen LogP contribution in [-0.4, -0.2) is 29.6 Å². The second-order valence-corrected chi connectivity index (χ2v) is 7.16. The van der Waals surface area contributed by atoms with Crippen LogP contribution in [0.2, 0.25) is 0 Å². The van der Waals surface area contributed by atoms with E-state index in [9.17, 15) is 4.79 Å². The van der Waals surface area contributed by atoms with Crippen molar-refractivity contribution in [2.24, 2.45) is 0 Å². The molecule has 6 nitrogen and oxygen atoms in total. The van der Waals surface area contributed by atoms with Crippen molar-refractivity contribution < 1.29 is 0 Å². The Morgan fingerprint density at radius 2 is 1.85 bits per heavy atom. The van der Waals surface area contributed by atoms with Gasteiger partial charge in [0, 0.05) is 25.7 Å². The molecule has 2 aromatic carbocycles. The molecule has 1 saturated heterocycles. The second kappa shape index (κ2) is 7.90. The van der Waals surface area contributed by atoms with Gasteiger partial charge in [0.25, 0.3) is 5.56 Å². The van der Waals surface area contributed by atoms with Gasteiger partial charge in [-0.2, -0.15) is 0 Å². The van der Waals surface area contributed by atoms with Gasteiger partial charge in [0.1, 0.15) is 0 Å². The van der Waals surface area contributed by atoms with E-state index in [4.69, 9.17) is 0 Å². The Labute approximate surface area is 158 Å². The molecule has 1 aromatic heterocycles. The summed E-state index contributed by atoms with van der Waals surface area (Å²) < 4.78 is 0. The smallest absolute Gasteiger partial charge is 0.260 e. The van der Waals surface area contributed by atoms with Gasteiger partial charge in [-0.05, 0) is 37.0 Å². The summed E-state index contributed by atoms with van der Waals surface area (Å²) in [4.78, 5) is 21.7. The van der Waals surface area contributed by atoms with E-state index in [1.807, 2.05) is 36.2 Å². The molecule has 2 heterocycles. The zero-order valence-corrected chi connectivity index (χ0v) is 15.5. The van der Waals surface area contributed by atoms with Crippen LogP contribution in [0.25, 0.3) is 10.9 Å². The van der Waals surface area contributed by atoms with Crippen LogP contribution in [0.4, 0.5) is 5.95 Å². The third kappa shape index (κ3) is 4.02. The minimum Gasteiger partial charge on any atom is -0.345 e. The van der Waals surface area contributed by atoms with Gasteiger partial charge in [-0.15, -0.1) is 0 Å². The van der Waals surface area contributed by atoms with Gasteiger partial charge in [0.2, 0.25) is 5.95 Å². The van der Waals surface area contributed by atoms with Gasteiger partial charge in [0.05, 0.1) is 10.9 Å². The van der Waals surface area contributed by atoms with Gasteiger partial charge < -0.3 is 4.90 Å². The first-order valence-electron chi connectivity index (χ1n) is 9.47. The molecule has 0 radical (unpaired) electrons. The molecule has 2 atom stereocenters. The largest absolute Gasteiger partial charge is 0.345 e. The van der Waals surface area contributed by atoms with Gasteiger partial charge in [0.15, 0.2) is 0 Å². The van der Waals surface area contributed by atoms with Crippen molar-refractivity contribution >= 4 is 16.9 Å². The number of aromatic amines is 1. The summed E-state index contributed by atoms with van der Waals surface area (Å²) in [5, 5.41) is 0.628. The van der Waals surface area contributed by atoms with Crippen LogP contribution >= 0.6 is 0 Å². The third-order valence-electron chi connectivity index (χ3n) is 5.19. The topological polar surface area (TPSA) is 73.0 Å². The Morgan fingerprint density at radius 3 is 2.70 bits per heavy atom. The molecular formula is C21H25N5O. The lowest BCUT2D eigenvalue weighted by Gasteiger charge is -2.19. The minimum absolute atomic E-state index is 0.0881. The number of nitrogens with zero attached hydrogens (tertiary/aromatic N) is 2. The molecule has 0 spiro atoms. The first-order chi connectivity index (χ1) is 13.2. The highest BCUT2D eigenvalue weighted by molar-refractivity contribution is 5.78. The lowest BCUT2D eigenvalue weighted by Crippen LogP contribution is -2.31. The SMILES string of the molecule is CN(CCCC1CC(c2ccccc2)NN1)c1nc2ccccc2c(=O)[nH]1. The predicted molar refractivity (Wildman–Crippen MR) is 109 cm³/mol. The summed E-state index contributed by atoms with van der Waals surface area (Å²) in [5.41, 5.74) is 8.77. The van der Waals surface area contributed by atoms with Gasteiger partial charge in [-0.25, -0.2) is 4.98 Å². The van der Waals surface area contributed by atoms with E-state index >= 15 is 0 Å². The van der Waals surface area contributed by atoms with E-state index in [1.54, 1.807) is 6.07 Å². The molecule has 1 fully saturated rings. The van der Waals surface area contributed by atoms with Crippen molar-refractivity contribution in [1.82, 2.24) is 20.8 Å². The monoisotopic (exact) mass is 363 g/mol. The van der Waals surface area contributed by atoms with Crippen molar-refractivity contribution in [1.29, 1.82) is 0 Å². The van der Waals surface area contributed by atoms with E-state index < -0.39 is 0 Å². The lowest BCUT2D eigenvalue weighted by molar-refractivity contribution is 0.502. The Bertz CT molecular complexity index is 955. The van der Waals surface area contributed by atoms with E-state index in [0.717, 1.165) is 31.3 Å². The fourth-order valence-corrected chi connectivity index (χ4v) is 3.65. The first kappa shape index (κ1) is 17.7. The summed E-state index contributed by atoms with van der Waals surface area (Å²) in [6.07, 6.45) is 3.17. The molecular weight excluding hydrogens is 338 g/mol. The Kier molecular flexibility index (Phi) is 5.18. The number of rotatable bonds is 6. The van der Waals surface area contributed by atoms with Crippen LogP contribution in [-0.2, 0) is 0 Å². The number of hydrogen-bond acceptors (Lipinski definition) is 5. The molecule has 3 aromatic rings. The van der Waals surface area contributed by atoms with E-state index in [1.165, 1.54) is 5.56 Å². The average Bonchev–Trinajstić information content (AvgIpc) is 3.17. The van der Waals surface area contributed by atoms with Crippen LogP contribution in [0.1, 0.15) is 30.9 Å². The maximum atomic E-state index is 12.2. The van der Waals surface area contributed by atoms with Crippen molar-refractivity contribution in [3.8, 4) is 0 Å². The normalized spacial score (nSPS) is 19.4. The van der Waals surface area contributed by atoms with Crippen molar-refractivity contribution in [2.45, 2.75) is 31.3 Å². The predicted octanol–water partition coefficient (Wildman–Crippen LogP) is 2.75. The second-order valence-electron chi connectivity index (χ2n) is 7.16. The van der Waals surface area contributed by atoms with E-state index in [2.05, 4.69) is 45.1 Å². The average molecular weight is 363 g/mol.